The molecule has 1 aliphatic carbocycles. The molecule has 5 heteroatoms. The van der Waals surface area contributed by atoms with Crippen LogP contribution in [-0.4, -0.2) is 28.2 Å². The van der Waals surface area contributed by atoms with E-state index in [0.717, 1.165) is 13.0 Å². The standard InChI is InChI=1S/C11H18N4O/c12-10-5-13-6-11(15-10)14-4-8-2-1-3-9(8)7-16/h5-6,8-9,16H,1-4,7H2,(H3,12,14,15). The first kappa shape index (κ1) is 11.1. The molecule has 0 radical (unpaired) electrons. The molecule has 0 aliphatic heterocycles. The molecule has 2 rings (SSSR count). The van der Waals surface area contributed by atoms with E-state index >= 15 is 0 Å². The predicted molar refractivity (Wildman–Crippen MR) is 62.9 cm³/mol. The number of hydrogen-bond acceptors (Lipinski definition) is 5. The maximum Gasteiger partial charge on any atom is 0.146 e. The van der Waals surface area contributed by atoms with Gasteiger partial charge in [0.05, 0.1) is 12.4 Å². The molecule has 0 saturated heterocycles. The summed E-state index contributed by atoms with van der Waals surface area (Å²) in [5.41, 5.74) is 5.54. The van der Waals surface area contributed by atoms with Gasteiger partial charge in [0, 0.05) is 13.2 Å². The van der Waals surface area contributed by atoms with Crippen LogP contribution in [0.4, 0.5) is 11.6 Å². The van der Waals surface area contributed by atoms with Crippen molar-refractivity contribution in [1.82, 2.24) is 9.97 Å². The summed E-state index contributed by atoms with van der Waals surface area (Å²) in [5.74, 6) is 2.11. The van der Waals surface area contributed by atoms with Gasteiger partial charge in [-0.05, 0) is 24.7 Å². The van der Waals surface area contributed by atoms with Crippen LogP contribution in [0.15, 0.2) is 12.4 Å². The number of hydrogen-bond donors (Lipinski definition) is 3. The zero-order chi connectivity index (χ0) is 11.4. The van der Waals surface area contributed by atoms with Gasteiger partial charge in [-0.1, -0.05) is 6.42 Å². The van der Waals surface area contributed by atoms with Crippen molar-refractivity contribution in [2.24, 2.45) is 11.8 Å². The van der Waals surface area contributed by atoms with Crippen molar-refractivity contribution in [3.8, 4) is 0 Å². The van der Waals surface area contributed by atoms with Crippen molar-refractivity contribution >= 4 is 11.6 Å². The zero-order valence-corrected chi connectivity index (χ0v) is 9.26. The van der Waals surface area contributed by atoms with Crippen LogP contribution in [0.2, 0.25) is 0 Å². The Balaban J connectivity index is 1.87. The monoisotopic (exact) mass is 222 g/mol. The van der Waals surface area contributed by atoms with Crippen molar-refractivity contribution < 1.29 is 5.11 Å². The third-order valence-electron chi connectivity index (χ3n) is 3.25. The molecule has 88 valence electrons. The Morgan fingerprint density at radius 1 is 1.38 bits per heavy atom. The van der Waals surface area contributed by atoms with E-state index in [9.17, 15) is 5.11 Å². The number of nitrogens with two attached hydrogens (primary N) is 1. The lowest BCUT2D eigenvalue weighted by molar-refractivity contribution is 0.199. The van der Waals surface area contributed by atoms with Crippen molar-refractivity contribution in [1.29, 1.82) is 0 Å². The highest BCUT2D eigenvalue weighted by Gasteiger charge is 2.26. The van der Waals surface area contributed by atoms with Gasteiger partial charge in [-0.15, -0.1) is 0 Å². The summed E-state index contributed by atoms with van der Waals surface area (Å²) >= 11 is 0. The Morgan fingerprint density at radius 2 is 2.19 bits per heavy atom. The minimum absolute atomic E-state index is 0.287. The molecule has 4 N–H and O–H groups in total. The molecule has 0 aromatic carbocycles. The van der Waals surface area contributed by atoms with E-state index in [4.69, 9.17) is 5.73 Å². The first-order chi connectivity index (χ1) is 7.79. The highest BCUT2D eigenvalue weighted by molar-refractivity contribution is 5.38. The average molecular weight is 222 g/mol. The van der Waals surface area contributed by atoms with E-state index in [1.165, 1.54) is 19.0 Å². The minimum Gasteiger partial charge on any atom is -0.396 e. The lowest BCUT2D eigenvalue weighted by Crippen LogP contribution is -2.21. The predicted octanol–water partition coefficient (Wildman–Crippen LogP) is 0.879. The molecule has 1 heterocycles. The van der Waals surface area contributed by atoms with Gasteiger partial charge in [-0.25, -0.2) is 4.98 Å². The van der Waals surface area contributed by atoms with E-state index in [1.807, 2.05) is 0 Å². The third-order valence-corrected chi connectivity index (χ3v) is 3.25. The van der Waals surface area contributed by atoms with Crippen LogP contribution in [0.3, 0.4) is 0 Å². The van der Waals surface area contributed by atoms with E-state index in [1.54, 1.807) is 6.20 Å². The number of nitrogens with one attached hydrogen (secondary N) is 1. The Kier molecular flexibility index (Phi) is 3.56. The van der Waals surface area contributed by atoms with E-state index in [0.29, 0.717) is 23.5 Å². The smallest absolute Gasteiger partial charge is 0.146 e. The van der Waals surface area contributed by atoms with E-state index < -0.39 is 0 Å². The van der Waals surface area contributed by atoms with E-state index in [2.05, 4.69) is 15.3 Å². The van der Waals surface area contributed by atoms with Crippen LogP contribution in [-0.2, 0) is 0 Å². The molecule has 1 aliphatic rings. The number of nitrogen functional groups attached to an aromatic ring is 1. The van der Waals surface area contributed by atoms with Gasteiger partial charge in [-0.2, -0.15) is 0 Å². The zero-order valence-electron chi connectivity index (χ0n) is 9.26. The number of rotatable bonds is 4. The van der Waals surface area contributed by atoms with Crippen molar-refractivity contribution in [3.63, 3.8) is 0 Å². The summed E-state index contributed by atoms with van der Waals surface area (Å²) in [6.45, 7) is 1.12. The summed E-state index contributed by atoms with van der Waals surface area (Å²) in [4.78, 5) is 8.10. The summed E-state index contributed by atoms with van der Waals surface area (Å²) < 4.78 is 0. The van der Waals surface area contributed by atoms with Gasteiger partial charge in [0.25, 0.3) is 0 Å². The van der Waals surface area contributed by atoms with Crippen molar-refractivity contribution in [2.45, 2.75) is 19.3 Å². The normalized spacial score (nSPS) is 24.6. The third kappa shape index (κ3) is 2.61. The summed E-state index contributed by atoms with van der Waals surface area (Å²) in [6, 6.07) is 0. The first-order valence-corrected chi connectivity index (χ1v) is 5.72. The minimum atomic E-state index is 0.287. The number of aliphatic hydroxyl groups is 1. The molecule has 0 amide bonds. The van der Waals surface area contributed by atoms with Crippen LogP contribution in [0.25, 0.3) is 0 Å². The number of aliphatic hydroxyl groups excluding tert-OH is 1. The van der Waals surface area contributed by atoms with Crippen molar-refractivity contribution in [3.05, 3.63) is 12.4 Å². The molecule has 2 atom stereocenters. The maximum absolute atomic E-state index is 9.20. The first-order valence-electron chi connectivity index (χ1n) is 5.72. The van der Waals surface area contributed by atoms with Crippen molar-refractivity contribution in [2.75, 3.05) is 24.2 Å². The van der Waals surface area contributed by atoms with Gasteiger partial charge < -0.3 is 16.2 Å². The summed E-state index contributed by atoms with van der Waals surface area (Å²) in [5, 5.41) is 12.4. The summed E-state index contributed by atoms with van der Waals surface area (Å²) in [7, 11) is 0. The van der Waals surface area contributed by atoms with Crippen LogP contribution in [0.5, 0.6) is 0 Å². The second-order valence-electron chi connectivity index (χ2n) is 4.34. The second-order valence-corrected chi connectivity index (χ2v) is 4.34. The second kappa shape index (κ2) is 5.12. The maximum atomic E-state index is 9.20. The van der Waals surface area contributed by atoms with E-state index in [-0.39, 0.29) is 6.61 Å². The molecule has 0 bridgehead atoms. The van der Waals surface area contributed by atoms with Gasteiger partial charge in [0.2, 0.25) is 0 Å². The quantitative estimate of drug-likeness (QED) is 0.704. The van der Waals surface area contributed by atoms with Gasteiger partial charge >= 0.3 is 0 Å². The summed E-state index contributed by atoms with van der Waals surface area (Å²) in [6.07, 6.45) is 6.70. The number of nitrogens with zero attached hydrogens (tertiary/aromatic N) is 2. The van der Waals surface area contributed by atoms with Crippen LogP contribution in [0, 0.1) is 11.8 Å². The highest BCUT2D eigenvalue weighted by atomic mass is 16.3. The average Bonchev–Trinajstić information content (AvgIpc) is 2.74. The number of aromatic nitrogens is 2. The SMILES string of the molecule is Nc1cncc(NCC2CCCC2CO)n1. The molecule has 2 unspecified atom stereocenters. The van der Waals surface area contributed by atoms with Crippen LogP contribution >= 0.6 is 0 Å². The lowest BCUT2D eigenvalue weighted by atomic mass is 9.97. The molecule has 1 fully saturated rings. The molecular formula is C11H18N4O. The molecular weight excluding hydrogens is 204 g/mol. The Hall–Kier alpha value is -1.36. The molecule has 1 aromatic heterocycles. The fourth-order valence-corrected chi connectivity index (χ4v) is 2.32. The van der Waals surface area contributed by atoms with Crippen LogP contribution in [0.1, 0.15) is 19.3 Å². The Morgan fingerprint density at radius 3 is 2.94 bits per heavy atom. The van der Waals surface area contributed by atoms with Gasteiger partial charge in [0.1, 0.15) is 11.6 Å². The molecule has 0 spiro atoms. The van der Waals surface area contributed by atoms with Gasteiger partial charge in [-0.3, -0.25) is 4.98 Å². The lowest BCUT2D eigenvalue weighted by Gasteiger charge is -2.17. The topological polar surface area (TPSA) is 84.1 Å². The van der Waals surface area contributed by atoms with Gasteiger partial charge in [0.15, 0.2) is 0 Å². The number of anilines is 2. The fourth-order valence-electron chi connectivity index (χ4n) is 2.32. The molecule has 1 aromatic rings. The fraction of sp³-hybridized carbons (Fsp3) is 0.636. The largest absolute Gasteiger partial charge is 0.396 e. The molecule has 5 nitrogen and oxygen atoms in total. The molecule has 1 saturated carbocycles. The Labute approximate surface area is 95.1 Å². The van der Waals surface area contributed by atoms with Crippen LogP contribution < -0.4 is 11.1 Å². The Bertz CT molecular complexity index is 345. The molecule has 16 heavy (non-hydrogen) atoms. The highest BCUT2D eigenvalue weighted by Crippen LogP contribution is 2.31.